The molecule has 22 heavy (non-hydrogen) atoms. The fourth-order valence-electron chi connectivity index (χ4n) is 2.72. The molecule has 4 nitrogen and oxygen atoms in total. The van der Waals surface area contributed by atoms with E-state index in [1.165, 1.54) is 0 Å². The maximum absolute atomic E-state index is 10.5. The number of aryl methyl sites for hydroxylation is 2. The number of rotatable bonds is 4. The predicted octanol–water partition coefficient (Wildman–Crippen LogP) is 3.30. The number of hydrogen-bond donors (Lipinski definition) is 1. The Hall–Kier alpha value is -2.46. The first-order chi connectivity index (χ1) is 10.6. The van der Waals surface area contributed by atoms with Crippen LogP contribution in [0.4, 0.5) is 0 Å². The van der Waals surface area contributed by atoms with Gasteiger partial charge in [0, 0.05) is 24.2 Å². The smallest absolute Gasteiger partial charge is 0.0986 e. The molecule has 1 unspecified atom stereocenters. The van der Waals surface area contributed by atoms with Gasteiger partial charge in [0.2, 0.25) is 0 Å². The van der Waals surface area contributed by atoms with E-state index < -0.39 is 6.10 Å². The molecule has 0 aliphatic heterocycles. The zero-order chi connectivity index (χ0) is 15.5. The molecule has 0 aliphatic rings. The molecule has 0 radical (unpaired) electrons. The van der Waals surface area contributed by atoms with E-state index in [4.69, 9.17) is 0 Å². The molecular formula is C18H19N3O. The van der Waals surface area contributed by atoms with Crippen molar-refractivity contribution in [1.29, 1.82) is 0 Å². The van der Waals surface area contributed by atoms with E-state index in [0.717, 1.165) is 27.9 Å². The molecule has 0 amide bonds. The molecule has 0 bridgehead atoms. The molecule has 4 heteroatoms. The van der Waals surface area contributed by atoms with Gasteiger partial charge in [0.05, 0.1) is 18.3 Å². The van der Waals surface area contributed by atoms with Crippen LogP contribution in [0.5, 0.6) is 0 Å². The van der Waals surface area contributed by atoms with Crippen molar-refractivity contribution in [3.8, 4) is 11.3 Å². The van der Waals surface area contributed by atoms with E-state index >= 15 is 0 Å². The fourth-order valence-corrected chi connectivity index (χ4v) is 2.72. The Balaban J connectivity index is 1.86. The van der Waals surface area contributed by atoms with Gasteiger partial charge in [0.15, 0.2) is 0 Å². The molecule has 1 N–H and O–H groups in total. The minimum atomic E-state index is -0.584. The van der Waals surface area contributed by atoms with Gasteiger partial charge in [-0.25, -0.2) is 0 Å². The van der Waals surface area contributed by atoms with Gasteiger partial charge in [0.1, 0.15) is 0 Å². The number of nitrogens with zero attached hydrogens (tertiary/aromatic N) is 3. The monoisotopic (exact) mass is 293 g/mol. The molecule has 0 fully saturated rings. The summed E-state index contributed by atoms with van der Waals surface area (Å²) in [6.07, 6.45) is 4.68. The number of aliphatic hydroxyl groups is 1. The van der Waals surface area contributed by atoms with Gasteiger partial charge in [-0.1, -0.05) is 29.3 Å². The largest absolute Gasteiger partial charge is 0.386 e. The Morgan fingerprint density at radius 1 is 1.00 bits per heavy atom. The van der Waals surface area contributed by atoms with Crippen LogP contribution in [0.1, 0.15) is 22.8 Å². The van der Waals surface area contributed by atoms with Crippen LogP contribution >= 0.6 is 0 Å². The predicted molar refractivity (Wildman–Crippen MR) is 86.3 cm³/mol. The summed E-state index contributed by atoms with van der Waals surface area (Å²) in [6.45, 7) is 4.51. The first kappa shape index (κ1) is 14.5. The molecule has 0 saturated carbocycles. The minimum absolute atomic E-state index is 0.424. The van der Waals surface area contributed by atoms with Gasteiger partial charge in [-0.15, -0.1) is 0 Å². The Kier molecular flexibility index (Phi) is 4.02. The second-order valence-corrected chi connectivity index (χ2v) is 5.57. The van der Waals surface area contributed by atoms with Crippen LogP contribution in [0.15, 0.2) is 55.0 Å². The van der Waals surface area contributed by atoms with Crippen molar-refractivity contribution in [3.63, 3.8) is 0 Å². The highest BCUT2D eigenvalue weighted by Crippen LogP contribution is 2.22. The summed E-state index contributed by atoms with van der Waals surface area (Å²) >= 11 is 0. The summed E-state index contributed by atoms with van der Waals surface area (Å²) in [4.78, 5) is 4.03. The highest BCUT2D eigenvalue weighted by atomic mass is 16.3. The summed E-state index contributed by atoms with van der Waals surface area (Å²) in [5.74, 6) is 0. The lowest BCUT2D eigenvalue weighted by atomic mass is 10.0. The van der Waals surface area contributed by atoms with Gasteiger partial charge in [-0.05, 0) is 37.6 Å². The molecule has 2 heterocycles. The normalized spacial score (nSPS) is 12.3. The van der Waals surface area contributed by atoms with Crippen LogP contribution in [-0.2, 0) is 6.54 Å². The van der Waals surface area contributed by atoms with Crippen LogP contribution in [0.3, 0.4) is 0 Å². The van der Waals surface area contributed by atoms with E-state index in [1.807, 2.05) is 48.9 Å². The molecule has 1 atom stereocenters. The Morgan fingerprint density at radius 2 is 1.68 bits per heavy atom. The first-order valence-corrected chi connectivity index (χ1v) is 7.32. The summed E-state index contributed by atoms with van der Waals surface area (Å²) in [7, 11) is 0. The minimum Gasteiger partial charge on any atom is -0.386 e. The zero-order valence-corrected chi connectivity index (χ0v) is 12.8. The van der Waals surface area contributed by atoms with Crippen LogP contribution in [0.25, 0.3) is 11.3 Å². The molecule has 0 aliphatic carbocycles. The standard InChI is InChI=1S/C18H19N3O/c1-13-9-14(2)11-16(10-13)18(22)12-21-17(5-8-20-21)15-3-6-19-7-4-15/h3-11,18,22H,12H2,1-2H3. The molecule has 112 valence electrons. The number of benzene rings is 1. The van der Waals surface area contributed by atoms with E-state index in [2.05, 4.69) is 16.1 Å². The highest BCUT2D eigenvalue weighted by molar-refractivity contribution is 5.58. The summed E-state index contributed by atoms with van der Waals surface area (Å²) in [5, 5.41) is 14.9. The Morgan fingerprint density at radius 3 is 2.36 bits per heavy atom. The third-order valence-electron chi connectivity index (χ3n) is 3.67. The Labute approximate surface area is 130 Å². The highest BCUT2D eigenvalue weighted by Gasteiger charge is 2.13. The lowest BCUT2D eigenvalue weighted by Gasteiger charge is -2.15. The second kappa shape index (κ2) is 6.12. The van der Waals surface area contributed by atoms with Crippen molar-refractivity contribution >= 4 is 0 Å². The van der Waals surface area contributed by atoms with Gasteiger partial charge < -0.3 is 5.11 Å². The van der Waals surface area contributed by atoms with Crippen molar-refractivity contribution in [2.75, 3.05) is 0 Å². The van der Waals surface area contributed by atoms with E-state index in [9.17, 15) is 5.11 Å². The van der Waals surface area contributed by atoms with Crippen molar-refractivity contribution < 1.29 is 5.11 Å². The van der Waals surface area contributed by atoms with E-state index in [0.29, 0.717) is 6.54 Å². The van der Waals surface area contributed by atoms with E-state index in [-0.39, 0.29) is 0 Å². The van der Waals surface area contributed by atoms with E-state index in [1.54, 1.807) is 18.6 Å². The maximum Gasteiger partial charge on any atom is 0.0986 e. The summed E-state index contributed by atoms with van der Waals surface area (Å²) in [5.41, 5.74) is 5.26. The maximum atomic E-state index is 10.5. The van der Waals surface area contributed by atoms with Crippen LogP contribution in [0, 0.1) is 13.8 Å². The summed E-state index contributed by atoms with van der Waals surface area (Å²) in [6, 6.07) is 12.0. The van der Waals surface area contributed by atoms with Gasteiger partial charge in [-0.3, -0.25) is 9.67 Å². The average molecular weight is 293 g/mol. The molecule has 1 aromatic carbocycles. The summed E-state index contributed by atoms with van der Waals surface area (Å²) < 4.78 is 1.83. The second-order valence-electron chi connectivity index (χ2n) is 5.57. The van der Waals surface area contributed by atoms with Crippen molar-refractivity contribution in [2.45, 2.75) is 26.5 Å². The molecular weight excluding hydrogens is 274 g/mol. The number of pyridine rings is 1. The molecule has 3 rings (SSSR count). The van der Waals surface area contributed by atoms with Crippen LogP contribution in [-0.4, -0.2) is 19.9 Å². The molecule has 3 aromatic rings. The molecule has 0 spiro atoms. The Bertz CT molecular complexity index is 745. The topological polar surface area (TPSA) is 50.9 Å². The van der Waals surface area contributed by atoms with Crippen LogP contribution < -0.4 is 0 Å². The van der Waals surface area contributed by atoms with Crippen molar-refractivity contribution in [3.05, 3.63) is 71.7 Å². The first-order valence-electron chi connectivity index (χ1n) is 7.32. The lowest BCUT2D eigenvalue weighted by molar-refractivity contribution is 0.152. The van der Waals surface area contributed by atoms with Crippen molar-refractivity contribution in [2.24, 2.45) is 0 Å². The van der Waals surface area contributed by atoms with Gasteiger partial charge >= 0.3 is 0 Å². The zero-order valence-electron chi connectivity index (χ0n) is 12.8. The SMILES string of the molecule is Cc1cc(C)cc(C(O)Cn2nccc2-c2ccncc2)c1. The number of aromatic nitrogens is 3. The fraction of sp³-hybridized carbons (Fsp3) is 0.222. The number of aliphatic hydroxyl groups excluding tert-OH is 1. The number of hydrogen-bond acceptors (Lipinski definition) is 3. The quantitative estimate of drug-likeness (QED) is 0.803. The van der Waals surface area contributed by atoms with Crippen molar-refractivity contribution in [1.82, 2.24) is 14.8 Å². The molecule has 0 saturated heterocycles. The lowest BCUT2D eigenvalue weighted by Crippen LogP contribution is -2.11. The van der Waals surface area contributed by atoms with Gasteiger partial charge in [0.25, 0.3) is 0 Å². The molecule has 2 aromatic heterocycles. The third-order valence-corrected chi connectivity index (χ3v) is 3.67. The van der Waals surface area contributed by atoms with Gasteiger partial charge in [-0.2, -0.15) is 5.10 Å². The van der Waals surface area contributed by atoms with Crippen LogP contribution in [0.2, 0.25) is 0 Å². The average Bonchev–Trinajstić information content (AvgIpc) is 2.95. The third kappa shape index (κ3) is 3.07.